The van der Waals surface area contributed by atoms with Crippen LogP contribution in [0.15, 0.2) is 0 Å². The molecule has 2 rings (SSSR count). The van der Waals surface area contributed by atoms with Crippen LogP contribution in [0.1, 0.15) is 19.8 Å². The van der Waals surface area contributed by atoms with Crippen molar-refractivity contribution in [1.29, 1.82) is 0 Å². The summed E-state index contributed by atoms with van der Waals surface area (Å²) < 4.78 is 5.40. The molecule has 2 saturated heterocycles. The van der Waals surface area contributed by atoms with Gasteiger partial charge in [0.25, 0.3) is 0 Å². The summed E-state index contributed by atoms with van der Waals surface area (Å²) in [5, 5.41) is 0. The molecule has 0 radical (unpaired) electrons. The molecule has 0 aromatic carbocycles. The fraction of sp³-hybridized carbons (Fsp3) is 1.00. The largest absolute Gasteiger partial charge is 0.379 e. The molecule has 0 amide bonds. The van der Waals surface area contributed by atoms with Crippen molar-refractivity contribution in [2.45, 2.75) is 25.8 Å². The van der Waals surface area contributed by atoms with Gasteiger partial charge in [-0.05, 0) is 45.8 Å². The monoisotopic (exact) mass is 212 g/mol. The molecular formula is C12H24N2O. The van der Waals surface area contributed by atoms with Crippen molar-refractivity contribution < 1.29 is 4.74 Å². The van der Waals surface area contributed by atoms with Crippen LogP contribution in [0.2, 0.25) is 0 Å². The number of piperidine rings is 1. The summed E-state index contributed by atoms with van der Waals surface area (Å²) >= 11 is 0. The molecule has 2 aliphatic rings. The first kappa shape index (κ1) is 11.4. The van der Waals surface area contributed by atoms with E-state index in [0.717, 1.165) is 38.3 Å². The van der Waals surface area contributed by atoms with Crippen molar-refractivity contribution in [3.8, 4) is 0 Å². The van der Waals surface area contributed by atoms with Gasteiger partial charge in [-0.2, -0.15) is 0 Å². The maximum absolute atomic E-state index is 5.40. The van der Waals surface area contributed by atoms with E-state index in [1.807, 2.05) is 0 Å². The van der Waals surface area contributed by atoms with E-state index in [4.69, 9.17) is 4.74 Å². The normalized spacial score (nSPS) is 29.2. The lowest BCUT2D eigenvalue weighted by atomic mass is 9.89. The standard InChI is InChI=1S/C12H24N2O/c1-11(14-7-9-15-10-8-14)12-3-5-13(2)6-4-12/h11-12H,3-10H2,1-2H3/t11-/m1/s1. The molecule has 0 bridgehead atoms. The minimum absolute atomic E-state index is 0.752. The highest BCUT2D eigenvalue weighted by molar-refractivity contribution is 4.81. The first-order valence-electron chi connectivity index (χ1n) is 6.27. The zero-order valence-corrected chi connectivity index (χ0v) is 10.1. The Morgan fingerprint density at radius 1 is 1.07 bits per heavy atom. The molecule has 15 heavy (non-hydrogen) atoms. The minimum Gasteiger partial charge on any atom is -0.379 e. The molecule has 2 aliphatic heterocycles. The van der Waals surface area contributed by atoms with E-state index in [0.29, 0.717) is 0 Å². The topological polar surface area (TPSA) is 15.7 Å². The third-order valence-electron chi connectivity index (χ3n) is 4.07. The SMILES string of the molecule is C[C@H](C1CCN(C)CC1)N1CCOCC1. The van der Waals surface area contributed by atoms with Gasteiger partial charge in [0.2, 0.25) is 0 Å². The van der Waals surface area contributed by atoms with E-state index >= 15 is 0 Å². The Hall–Kier alpha value is -0.120. The summed E-state index contributed by atoms with van der Waals surface area (Å²) in [6.45, 7) is 9.08. The molecule has 2 heterocycles. The van der Waals surface area contributed by atoms with Crippen LogP contribution in [0.25, 0.3) is 0 Å². The van der Waals surface area contributed by atoms with Crippen molar-refractivity contribution in [1.82, 2.24) is 9.80 Å². The Morgan fingerprint density at radius 3 is 2.27 bits per heavy atom. The zero-order valence-electron chi connectivity index (χ0n) is 10.1. The molecule has 0 aromatic rings. The molecule has 0 unspecified atom stereocenters. The van der Waals surface area contributed by atoms with E-state index in [2.05, 4.69) is 23.8 Å². The van der Waals surface area contributed by atoms with Gasteiger partial charge in [0, 0.05) is 19.1 Å². The maximum atomic E-state index is 5.40. The average molecular weight is 212 g/mol. The third kappa shape index (κ3) is 2.92. The average Bonchev–Trinajstić information content (AvgIpc) is 2.30. The molecule has 1 atom stereocenters. The lowest BCUT2D eigenvalue weighted by molar-refractivity contribution is -0.000329. The van der Waals surface area contributed by atoms with Crippen molar-refractivity contribution in [3.63, 3.8) is 0 Å². The van der Waals surface area contributed by atoms with E-state index < -0.39 is 0 Å². The zero-order chi connectivity index (χ0) is 10.7. The fourth-order valence-electron chi connectivity index (χ4n) is 2.79. The van der Waals surface area contributed by atoms with Crippen LogP contribution in [0, 0.1) is 5.92 Å². The molecule has 0 saturated carbocycles. The van der Waals surface area contributed by atoms with Crippen LogP contribution in [-0.4, -0.2) is 62.3 Å². The van der Waals surface area contributed by atoms with Gasteiger partial charge in [-0.25, -0.2) is 0 Å². The number of hydrogen-bond acceptors (Lipinski definition) is 3. The van der Waals surface area contributed by atoms with Crippen LogP contribution in [-0.2, 0) is 4.74 Å². The molecule has 3 heteroatoms. The molecule has 0 aromatic heterocycles. The van der Waals surface area contributed by atoms with Crippen LogP contribution in [0.5, 0.6) is 0 Å². The second-order valence-corrected chi connectivity index (χ2v) is 5.03. The number of morpholine rings is 1. The number of hydrogen-bond donors (Lipinski definition) is 0. The van der Waals surface area contributed by atoms with Crippen LogP contribution >= 0.6 is 0 Å². The van der Waals surface area contributed by atoms with Gasteiger partial charge in [0.15, 0.2) is 0 Å². The fourth-order valence-corrected chi connectivity index (χ4v) is 2.79. The Labute approximate surface area is 93.4 Å². The van der Waals surface area contributed by atoms with Gasteiger partial charge >= 0.3 is 0 Å². The maximum Gasteiger partial charge on any atom is 0.0594 e. The number of likely N-dealkylation sites (tertiary alicyclic amines) is 1. The van der Waals surface area contributed by atoms with Crippen LogP contribution in [0.4, 0.5) is 0 Å². The highest BCUT2D eigenvalue weighted by atomic mass is 16.5. The minimum atomic E-state index is 0.752. The first-order chi connectivity index (χ1) is 7.27. The Bertz CT molecular complexity index is 184. The summed E-state index contributed by atoms with van der Waals surface area (Å²) in [6, 6.07) is 0.752. The predicted molar refractivity (Wildman–Crippen MR) is 62.1 cm³/mol. The Kier molecular flexibility index (Phi) is 4.00. The summed E-state index contributed by atoms with van der Waals surface area (Å²) in [5.41, 5.74) is 0. The van der Waals surface area contributed by atoms with E-state index in [1.165, 1.54) is 25.9 Å². The van der Waals surface area contributed by atoms with Crippen LogP contribution < -0.4 is 0 Å². The molecule has 88 valence electrons. The molecule has 0 spiro atoms. The van der Waals surface area contributed by atoms with Crippen molar-refractivity contribution in [2.75, 3.05) is 46.4 Å². The van der Waals surface area contributed by atoms with Gasteiger partial charge in [0.05, 0.1) is 13.2 Å². The lowest BCUT2D eigenvalue weighted by Gasteiger charge is -2.40. The molecular weight excluding hydrogens is 188 g/mol. The second-order valence-electron chi connectivity index (χ2n) is 5.03. The highest BCUT2D eigenvalue weighted by Gasteiger charge is 2.27. The van der Waals surface area contributed by atoms with E-state index in [9.17, 15) is 0 Å². The smallest absolute Gasteiger partial charge is 0.0594 e. The number of nitrogens with zero attached hydrogens (tertiary/aromatic N) is 2. The highest BCUT2D eigenvalue weighted by Crippen LogP contribution is 2.23. The number of rotatable bonds is 2. The molecule has 3 nitrogen and oxygen atoms in total. The second kappa shape index (κ2) is 5.28. The first-order valence-corrected chi connectivity index (χ1v) is 6.27. The lowest BCUT2D eigenvalue weighted by Crippen LogP contribution is -2.47. The van der Waals surface area contributed by atoms with Gasteiger partial charge in [-0.1, -0.05) is 0 Å². The van der Waals surface area contributed by atoms with Gasteiger partial charge < -0.3 is 9.64 Å². The molecule has 0 aliphatic carbocycles. The van der Waals surface area contributed by atoms with Gasteiger partial charge in [-0.15, -0.1) is 0 Å². The quantitative estimate of drug-likeness (QED) is 0.680. The Balaban J connectivity index is 1.81. The van der Waals surface area contributed by atoms with E-state index in [1.54, 1.807) is 0 Å². The summed E-state index contributed by atoms with van der Waals surface area (Å²) in [7, 11) is 2.23. The van der Waals surface area contributed by atoms with Crippen molar-refractivity contribution >= 4 is 0 Å². The predicted octanol–water partition coefficient (Wildman–Crippen LogP) is 1.05. The Morgan fingerprint density at radius 2 is 1.67 bits per heavy atom. The molecule has 0 N–H and O–H groups in total. The van der Waals surface area contributed by atoms with Crippen molar-refractivity contribution in [3.05, 3.63) is 0 Å². The van der Waals surface area contributed by atoms with Crippen molar-refractivity contribution in [2.24, 2.45) is 5.92 Å². The van der Waals surface area contributed by atoms with Crippen LogP contribution in [0.3, 0.4) is 0 Å². The molecule has 2 fully saturated rings. The summed E-state index contributed by atoms with van der Waals surface area (Å²) in [4.78, 5) is 5.06. The van der Waals surface area contributed by atoms with Gasteiger partial charge in [0.1, 0.15) is 0 Å². The third-order valence-corrected chi connectivity index (χ3v) is 4.07. The summed E-state index contributed by atoms with van der Waals surface area (Å²) in [6.07, 6.45) is 2.74. The van der Waals surface area contributed by atoms with E-state index in [-0.39, 0.29) is 0 Å². The van der Waals surface area contributed by atoms with Gasteiger partial charge in [-0.3, -0.25) is 4.90 Å². The number of ether oxygens (including phenoxy) is 1. The summed E-state index contributed by atoms with van der Waals surface area (Å²) in [5.74, 6) is 0.902.